The van der Waals surface area contributed by atoms with E-state index < -0.39 is 0 Å². The highest BCUT2D eigenvalue weighted by Crippen LogP contribution is 2.16. The number of amides is 2. The first-order chi connectivity index (χ1) is 11.5. The first-order valence-corrected chi connectivity index (χ1v) is 7.77. The smallest absolute Gasteiger partial charge is 0.315 e. The van der Waals surface area contributed by atoms with E-state index in [9.17, 15) is 4.79 Å². The quantitative estimate of drug-likeness (QED) is 0.855. The predicted molar refractivity (Wildman–Crippen MR) is 95.4 cm³/mol. The van der Waals surface area contributed by atoms with E-state index in [0.717, 1.165) is 28.4 Å². The Morgan fingerprint density at radius 1 is 1.17 bits per heavy atom. The van der Waals surface area contributed by atoms with Crippen LogP contribution in [0.1, 0.15) is 16.8 Å². The molecular formula is C18H24N4O2. The van der Waals surface area contributed by atoms with Crippen molar-refractivity contribution in [2.45, 2.75) is 20.0 Å². The lowest BCUT2D eigenvalue weighted by Crippen LogP contribution is -2.34. The Labute approximate surface area is 142 Å². The number of aryl methyl sites for hydroxylation is 1. The molecule has 6 nitrogen and oxygen atoms in total. The summed E-state index contributed by atoms with van der Waals surface area (Å²) in [5.74, 6) is 1.65. The molecule has 0 aliphatic rings. The number of benzene rings is 1. The van der Waals surface area contributed by atoms with E-state index in [0.29, 0.717) is 13.1 Å². The van der Waals surface area contributed by atoms with Crippen molar-refractivity contribution in [2.24, 2.45) is 0 Å². The van der Waals surface area contributed by atoms with E-state index in [1.807, 2.05) is 62.3 Å². The number of anilines is 1. The van der Waals surface area contributed by atoms with E-state index >= 15 is 0 Å². The van der Waals surface area contributed by atoms with Gasteiger partial charge in [0.15, 0.2) is 0 Å². The van der Waals surface area contributed by atoms with Gasteiger partial charge in [-0.25, -0.2) is 9.78 Å². The van der Waals surface area contributed by atoms with Crippen molar-refractivity contribution in [2.75, 3.05) is 26.1 Å². The molecule has 0 fully saturated rings. The number of hydrogen-bond acceptors (Lipinski definition) is 4. The summed E-state index contributed by atoms with van der Waals surface area (Å²) in [4.78, 5) is 18.3. The van der Waals surface area contributed by atoms with Gasteiger partial charge in [-0.1, -0.05) is 12.1 Å². The predicted octanol–water partition coefficient (Wildman–Crippen LogP) is 2.46. The molecule has 0 bridgehead atoms. The van der Waals surface area contributed by atoms with Crippen LogP contribution in [0.2, 0.25) is 0 Å². The van der Waals surface area contributed by atoms with Gasteiger partial charge in [0.1, 0.15) is 11.6 Å². The van der Waals surface area contributed by atoms with Gasteiger partial charge in [0.25, 0.3) is 0 Å². The monoisotopic (exact) mass is 328 g/mol. The molecule has 0 saturated carbocycles. The molecule has 1 aromatic carbocycles. The van der Waals surface area contributed by atoms with Crippen molar-refractivity contribution >= 4 is 11.8 Å². The summed E-state index contributed by atoms with van der Waals surface area (Å²) in [7, 11) is 5.50. The molecule has 0 aliphatic carbocycles. The van der Waals surface area contributed by atoms with Crippen molar-refractivity contribution in [3.8, 4) is 5.75 Å². The van der Waals surface area contributed by atoms with Gasteiger partial charge in [-0.3, -0.25) is 0 Å². The van der Waals surface area contributed by atoms with Crippen molar-refractivity contribution in [3.05, 3.63) is 53.2 Å². The summed E-state index contributed by atoms with van der Waals surface area (Å²) in [5, 5.41) is 5.66. The number of pyridine rings is 1. The highest BCUT2D eigenvalue weighted by atomic mass is 16.5. The van der Waals surface area contributed by atoms with Crippen LogP contribution < -0.4 is 20.3 Å². The molecule has 6 heteroatoms. The molecule has 2 amide bonds. The average Bonchev–Trinajstić information content (AvgIpc) is 2.57. The number of carbonyl (C=O) groups excluding carboxylic acids is 1. The number of methoxy groups -OCH3 is 1. The molecule has 2 aromatic rings. The molecule has 0 saturated heterocycles. The number of hydrogen-bond donors (Lipinski definition) is 2. The van der Waals surface area contributed by atoms with Gasteiger partial charge >= 0.3 is 6.03 Å². The van der Waals surface area contributed by atoms with Crippen molar-refractivity contribution in [1.29, 1.82) is 0 Å². The van der Waals surface area contributed by atoms with E-state index in [4.69, 9.17) is 4.74 Å². The maximum Gasteiger partial charge on any atom is 0.315 e. The largest absolute Gasteiger partial charge is 0.497 e. The summed E-state index contributed by atoms with van der Waals surface area (Å²) in [6.45, 7) is 2.81. The van der Waals surface area contributed by atoms with Crippen LogP contribution in [0.4, 0.5) is 10.6 Å². The van der Waals surface area contributed by atoms with Crippen LogP contribution in [-0.4, -0.2) is 32.2 Å². The summed E-state index contributed by atoms with van der Waals surface area (Å²) in [6, 6.07) is 11.4. The maximum atomic E-state index is 12.0. The second-order valence-corrected chi connectivity index (χ2v) is 5.78. The zero-order valence-electron chi connectivity index (χ0n) is 14.6. The number of aromatic nitrogens is 1. The normalized spacial score (nSPS) is 10.2. The maximum absolute atomic E-state index is 12.0. The van der Waals surface area contributed by atoms with E-state index in [1.54, 1.807) is 7.11 Å². The molecule has 0 aliphatic heterocycles. The lowest BCUT2D eigenvalue weighted by atomic mass is 10.1. The van der Waals surface area contributed by atoms with Crippen LogP contribution in [-0.2, 0) is 13.1 Å². The molecule has 0 spiro atoms. The third-order valence-corrected chi connectivity index (χ3v) is 3.48. The summed E-state index contributed by atoms with van der Waals surface area (Å²) < 4.78 is 5.24. The van der Waals surface area contributed by atoms with Gasteiger partial charge in [-0.05, 0) is 42.3 Å². The Morgan fingerprint density at radius 3 is 2.62 bits per heavy atom. The fourth-order valence-electron chi connectivity index (χ4n) is 2.27. The molecule has 2 rings (SSSR count). The van der Waals surface area contributed by atoms with Crippen LogP contribution in [0.15, 0.2) is 36.4 Å². The molecule has 1 heterocycles. The average molecular weight is 328 g/mol. The highest BCUT2D eigenvalue weighted by Gasteiger charge is 2.04. The van der Waals surface area contributed by atoms with Crippen LogP contribution >= 0.6 is 0 Å². The van der Waals surface area contributed by atoms with Crippen LogP contribution in [0.5, 0.6) is 5.75 Å². The van der Waals surface area contributed by atoms with Gasteiger partial charge < -0.3 is 20.3 Å². The lowest BCUT2D eigenvalue weighted by molar-refractivity contribution is 0.240. The van der Waals surface area contributed by atoms with Gasteiger partial charge in [0, 0.05) is 20.6 Å². The molecule has 0 atom stereocenters. The molecule has 0 unspecified atom stereocenters. The number of urea groups is 1. The summed E-state index contributed by atoms with van der Waals surface area (Å²) in [5.41, 5.74) is 2.90. The third-order valence-electron chi connectivity index (χ3n) is 3.48. The molecule has 128 valence electrons. The standard InChI is InChI=1S/C18H24N4O2/c1-13-8-14(10-16(9-13)24-4)11-19-18(23)20-12-15-6-5-7-17(21-15)22(2)3/h5-10H,11-12H2,1-4H3,(H2,19,20,23). The first kappa shape index (κ1) is 17.6. The first-order valence-electron chi connectivity index (χ1n) is 7.77. The molecule has 1 aromatic heterocycles. The zero-order valence-corrected chi connectivity index (χ0v) is 14.6. The van der Waals surface area contributed by atoms with Gasteiger partial charge in [-0.2, -0.15) is 0 Å². The molecular weight excluding hydrogens is 304 g/mol. The van der Waals surface area contributed by atoms with Gasteiger partial charge in [-0.15, -0.1) is 0 Å². The van der Waals surface area contributed by atoms with E-state index in [2.05, 4.69) is 15.6 Å². The SMILES string of the molecule is COc1cc(C)cc(CNC(=O)NCc2cccc(N(C)C)n2)c1. The Morgan fingerprint density at radius 2 is 1.92 bits per heavy atom. The van der Waals surface area contributed by atoms with Gasteiger partial charge in [0.2, 0.25) is 0 Å². The van der Waals surface area contributed by atoms with Crippen LogP contribution in [0.25, 0.3) is 0 Å². The fourth-order valence-corrected chi connectivity index (χ4v) is 2.27. The topological polar surface area (TPSA) is 66.5 Å². The zero-order chi connectivity index (χ0) is 17.5. The van der Waals surface area contributed by atoms with Crippen LogP contribution in [0.3, 0.4) is 0 Å². The number of rotatable bonds is 6. The second-order valence-electron chi connectivity index (χ2n) is 5.78. The van der Waals surface area contributed by atoms with Crippen LogP contribution in [0, 0.1) is 6.92 Å². The highest BCUT2D eigenvalue weighted by molar-refractivity contribution is 5.73. The Balaban J connectivity index is 1.85. The van der Waals surface area contributed by atoms with Crippen molar-refractivity contribution in [3.63, 3.8) is 0 Å². The summed E-state index contributed by atoms with van der Waals surface area (Å²) in [6.07, 6.45) is 0. The molecule has 0 radical (unpaired) electrons. The lowest BCUT2D eigenvalue weighted by Gasteiger charge is -2.13. The Hall–Kier alpha value is -2.76. The molecule has 24 heavy (non-hydrogen) atoms. The Bertz CT molecular complexity index is 701. The van der Waals surface area contributed by atoms with Gasteiger partial charge in [0.05, 0.1) is 19.3 Å². The van der Waals surface area contributed by atoms with Crippen molar-refractivity contribution in [1.82, 2.24) is 15.6 Å². The minimum Gasteiger partial charge on any atom is -0.497 e. The number of nitrogens with one attached hydrogen (secondary N) is 2. The number of carbonyl (C=O) groups is 1. The van der Waals surface area contributed by atoms with Crippen molar-refractivity contribution < 1.29 is 9.53 Å². The minimum atomic E-state index is -0.229. The number of ether oxygens (including phenoxy) is 1. The molecule has 2 N–H and O–H groups in total. The fraction of sp³-hybridized carbons (Fsp3) is 0.333. The number of nitrogens with zero attached hydrogens (tertiary/aromatic N) is 2. The minimum absolute atomic E-state index is 0.229. The summed E-state index contributed by atoms with van der Waals surface area (Å²) >= 11 is 0. The van der Waals surface area contributed by atoms with E-state index in [1.165, 1.54) is 0 Å². The third kappa shape index (κ3) is 5.15. The second kappa shape index (κ2) is 8.19. The van der Waals surface area contributed by atoms with E-state index in [-0.39, 0.29) is 6.03 Å². The Kier molecular flexibility index (Phi) is 6.01.